The Morgan fingerprint density at radius 2 is 2.16 bits per heavy atom. The monoisotopic (exact) mass is 294 g/mol. The van der Waals surface area contributed by atoms with Crippen LogP contribution >= 0.6 is 11.2 Å². The molecule has 0 aliphatic heterocycles. The van der Waals surface area contributed by atoms with Gasteiger partial charge in [0.05, 0.1) is 5.69 Å². The minimum atomic E-state index is -0.994. The first-order valence-corrected chi connectivity index (χ1v) is 12.2. The summed E-state index contributed by atoms with van der Waals surface area (Å²) in [7, 11) is -0.994. The Morgan fingerprint density at radius 1 is 1.37 bits per heavy atom. The zero-order valence-electron chi connectivity index (χ0n) is 12.6. The lowest BCUT2D eigenvalue weighted by Crippen LogP contribution is -2.20. The van der Waals surface area contributed by atoms with Crippen LogP contribution in [-0.2, 0) is 0 Å². The fourth-order valence-corrected chi connectivity index (χ4v) is 7.17. The normalized spacial score (nSPS) is 13.9. The lowest BCUT2D eigenvalue weighted by atomic mass is 10.2. The first-order chi connectivity index (χ1) is 9.01. The molecule has 1 rings (SSSR count). The second kappa shape index (κ2) is 8.54. The molecule has 0 fully saturated rings. The molecule has 0 saturated heterocycles. The van der Waals surface area contributed by atoms with E-state index in [1.807, 2.05) is 24.4 Å². The number of nitrogens with zero attached hydrogens (tertiary/aromatic N) is 2. The molecule has 4 heteroatoms. The molecular formula is C15H26N2SSi. The van der Waals surface area contributed by atoms with Crippen molar-refractivity contribution in [3.05, 3.63) is 30.1 Å². The quantitative estimate of drug-likeness (QED) is 0.397. The van der Waals surface area contributed by atoms with Gasteiger partial charge < -0.3 is 0 Å². The average Bonchev–Trinajstić information content (AvgIpc) is 2.37. The second-order valence-electron chi connectivity index (χ2n) is 5.69. The van der Waals surface area contributed by atoms with Gasteiger partial charge in [-0.15, -0.1) is 0 Å². The van der Waals surface area contributed by atoms with E-state index in [4.69, 9.17) is 0 Å². The van der Waals surface area contributed by atoms with E-state index in [1.54, 1.807) is 6.20 Å². The molecule has 0 saturated carbocycles. The summed E-state index contributed by atoms with van der Waals surface area (Å²) in [6.07, 6.45) is 7.43. The van der Waals surface area contributed by atoms with Crippen LogP contribution in [0.1, 0.15) is 31.9 Å². The van der Waals surface area contributed by atoms with Crippen molar-refractivity contribution in [2.45, 2.75) is 51.1 Å². The maximum absolute atomic E-state index is 4.46. The van der Waals surface area contributed by atoms with Gasteiger partial charge in [-0.05, 0) is 36.6 Å². The highest BCUT2D eigenvalue weighted by Crippen LogP contribution is 2.29. The third-order valence-electron chi connectivity index (χ3n) is 2.70. The minimum Gasteiger partial charge on any atom is -0.291 e. The van der Waals surface area contributed by atoms with Crippen molar-refractivity contribution < 1.29 is 0 Å². The summed E-state index contributed by atoms with van der Waals surface area (Å²) in [5.74, 6) is 0. The Bertz CT molecular complexity index is 373. The van der Waals surface area contributed by atoms with Crippen molar-refractivity contribution in [3.63, 3.8) is 0 Å². The number of aromatic nitrogens is 1. The van der Waals surface area contributed by atoms with Gasteiger partial charge in [-0.1, -0.05) is 32.6 Å². The largest absolute Gasteiger partial charge is 0.291 e. The predicted molar refractivity (Wildman–Crippen MR) is 90.9 cm³/mol. The van der Waals surface area contributed by atoms with E-state index >= 15 is 0 Å². The highest BCUT2D eigenvalue weighted by atomic mass is 32.4. The molecule has 1 aromatic rings. The zero-order valence-corrected chi connectivity index (χ0v) is 14.4. The molecule has 0 radical (unpaired) electrons. The molecule has 0 bridgehead atoms. The molecule has 0 aliphatic carbocycles. The molecule has 0 amide bonds. The molecule has 0 aromatic carbocycles. The molecular weight excluding hydrogens is 268 g/mol. The lowest BCUT2D eigenvalue weighted by Gasteiger charge is -2.23. The van der Waals surface area contributed by atoms with Crippen LogP contribution in [0.15, 0.2) is 29.4 Å². The van der Waals surface area contributed by atoms with Crippen molar-refractivity contribution in [2.24, 2.45) is 4.99 Å². The predicted octanol–water partition coefficient (Wildman–Crippen LogP) is 4.63. The van der Waals surface area contributed by atoms with Crippen molar-refractivity contribution in [3.8, 4) is 0 Å². The molecule has 0 spiro atoms. The summed E-state index contributed by atoms with van der Waals surface area (Å²) in [6.45, 7) is 10.5. The average molecular weight is 295 g/mol. The number of aliphatic imine (C=N–C) groups is 1. The van der Waals surface area contributed by atoms with E-state index < -0.39 is 7.22 Å². The number of rotatable bonds is 8. The Morgan fingerprint density at radius 3 is 2.74 bits per heavy atom. The van der Waals surface area contributed by atoms with Crippen molar-refractivity contribution in [1.82, 2.24) is 4.98 Å². The van der Waals surface area contributed by atoms with Crippen molar-refractivity contribution in [2.75, 3.05) is 6.54 Å². The van der Waals surface area contributed by atoms with Crippen LogP contribution < -0.4 is 0 Å². The van der Waals surface area contributed by atoms with Gasteiger partial charge in [-0.2, -0.15) is 11.2 Å². The summed E-state index contributed by atoms with van der Waals surface area (Å²) in [5, 5.41) is 0.816. The Labute approximate surface area is 122 Å². The van der Waals surface area contributed by atoms with Gasteiger partial charge in [0.25, 0.3) is 0 Å². The van der Waals surface area contributed by atoms with Crippen LogP contribution in [0.3, 0.4) is 0 Å². The van der Waals surface area contributed by atoms with E-state index in [1.165, 1.54) is 19.3 Å². The van der Waals surface area contributed by atoms with E-state index in [9.17, 15) is 0 Å². The van der Waals surface area contributed by atoms with Crippen LogP contribution in [0, 0.1) is 0 Å². The molecule has 106 valence electrons. The van der Waals surface area contributed by atoms with E-state index in [0.717, 1.165) is 17.5 Å². The van der Waals surface area contributed by atoms with E-state index in [0.29, 0.717) is 0 Å². The summed E-state index contributed by atoms with van der Waals surface area (Å²) in [4.78, 5) is 8.69. The van der Waals surface area contributed by atoms with E-state index in [2.05, 4.69) is 47.8 Å². The molecule has 0 N–H and O–H groups in total. The van der Waals surface area contributed by atoms with Crippen LogP contribution in [0.25, 0.3) is 0 Å². The van der Waals surface area contributed by atoms with Gasteiger partial charge in [0.1, 0.15) is 7.22 Å². The van der Waals surface area contributed by atoms with Crippen molar-refractivity contribution in [1.29, 1.82) is 0 Å². The lowest BCUT2D eigenvalue weighted by molar-refractivity contribution is 0.693. The zero-order chi connectivity index (χ0) is 14.1. The van der Waals surface area contributed by atoms with Gasteiger partial charge in [0.2, 0.25) is 0 Å². The van der Waals surface area contributed by atoms with Crippen LogP contribution in [0.2, 0.25) is 19.6 Å². The fraction of sp³-hybridized carbons (Fsp3) is 0.600. The molecule has 19 heavy (non-hydrogen) atoms. The molecule has 0 aliphatic rings. The van der Waals surface area contributed by atoms with Crippen LogP contribution in [0.5, 0.6) is 0 Å². The smallest absolute Gasteiger partial charge is 0.108 e. The third kappa shape index (κ3) is 8.21. The molecule has 2 nitrogen and oxygen atoms in total. The molecule has 1 unspecified atom stereocenters. The molecule has 1 heterocycles. The minimum absolute atomic E-state index is 0.816. The molecule has 1 atom stereocenters. The maximum Gasteiger partial charge on any atom is 0.108 e. The number of hydrogen-bond acceptors (Lipinski definition) is 3. The highest BCUT2D eigenvalue weighted by Gasteiger charge is 2.19. The summed E-state index contributed by atoms with van der Waals surface area (Å²) in [6, 6.07) is 5.91. The van der Waals surface area contributed by atoms with Gasteiger partial charge >= 0.3 is 0 Å². The van der Waals surface area contributed by atoms with Crippen LogP contribution in [0.4, 0.5) is 0 Å². The van der Waals surface area contributed by atoms with Crippen molar-refractivity contribution >= 4 is 24.6 Å². The summed E-state index contributed by atoms with van der Waals surface area (Å²) in [5.41, 5.74) is 0.950. The number of hydrogen-bond donors (Lipinski definition) is 0. The summed E-state index contributed by atoms with van der Waals surface area (Å²) >= 11 is 2.23. The Kier molecular flexibility index (Phi) is 7.39. The van der Waals surface area contributed by atoms with E-state index in [-0.39, 0.29) is 0 Å². The Balaban J connectivity index is 2.24. The van der Waals surface area contributed by atoms with Gasteiger partial charge in [0.15, 0.2) is 0 Å². The SMILES string of the molecule is CCC(CCCN=Cc1ccccn1)S[Si](C)(C)C. The highest BCUT2D eigenvalue weighted by molar-refractivity contribution is 8.29. The Hall–Kier alpha value is -0.613. The van der Waals surface area contributed by atoms with Gasteiger partial charge in [0, 0.05) is 19.0 Å². The fourth-order valence-electron chi connectivity index (χ4n) is 1.87. The summed E-state index contributed by atoms with van der Waals surface area (Å²) < 4.78 is 0. The first kappa shape index (κ1) is 16.4. The third-order valence-corrected chi connectivity index (χ3v) is 7.43. The molecule has 1 aromatic heterocycles. The number of pyridine rings is 1. The van der Waals surface area contributed by atoms with Gasteiger partial charge in [-0.3, -0.25) is 9.98 Å². The second-order valence-corrected chi connectivity index (χ2v) is 15.2. The topological polar surface area (TPSA) is 25.2 Å². The first-order valence-electron chi connectivity index (χ1n) is 7.10. The van der Waals surface area contributed by atoms with Crippen LogP contribution in [-0.4, -0.2) is 30.2 Å². The standard InChI is InChI=1S/C15H26N2SSi/c1-5-15(18-19(2,3)4)10-8-11-16-13-14-9-6-7-12-17-14/h6-7,9,12-13,15H,5,8,10-11H2,1-4H3. The maximum atomic E-state index is 4.46. The van der Waals surface area contributed by atoms with Gasteiger partial charge in [-0.25, -0.2) is 0 Å².